The van der Waals surface area contributed by atoms with Crippen LogP contribution in [-0.2, 0) is 14.8 Å². The van der Waals surface area contributed by atoms with Crippen molar-refractivity contribution in [3.05, 3.63) is 29.3 Å². The summed E-state index contributed by atoms with van der Waals surface area (Å²) >= 11 is 0. The van der Waals surface area contributed by atoms with Crippen LogP contribution in [0.4, 0.5) is 0 Å². The number of carboxylic acids is 1. The summed E-state index contributed by atoms with van der Waals surface area (Å²) in [4.78, 5) is 10.4. The first-order chi connectivity index (χ1) is 8.22. The first-order valence-electron chi connectivity index (χ1n) is 5.21. The summed E-state index contributed by atoms with van der Waals surface area (Å²) in [6, 6.07) is 4.77. The summed E-state index contributed by atoms with van der Waals surface area (Å²) < 4.78 is 25.7. The van der Waals surface area contributed by atoms with Crippen LogP contribution in [0.3, 0.4) is 0 Å². The van der Waals surface area contributed by atoms with E-state index in [0.29, 0.717) is 0 Å². The Morgan fingerprint density at radius 2 is 1.78 bits per heavy atom. The van der Waals surface area contributed by atoms with Crippen LogP contribution < -0.4 is 4.72 Å². The highest BCUT2D eigenvalue weighted by Crippen LogP contribution is 2.14. The topological polar surface area (TPSA) is 104 Å². The molecule has 0 aliphatic rings. The maximum absolute atomic E-state index is 11.8. The standard InChI is InChI=1S/C11H15NO5S/c1-7-3-8(2)5-9(4-7)18(16,17)12-6-10(13)11(14)15/h3-5,10,12-13H,6H2,1-2H3,(H,14,15). The average molecular weight is 273 g/mol. The Kier molecular flexibility index (Phi) is 4.44. The van der Waals surface area contributed by atoms with Crippen molar-refractivity contribution >= 4 is 16.0 Å². The molecule has 0 fully saturated rings. The number of hydrogen-bond donors (Lipinski definition) is 3. The molecule has 0 aromatic heterocycles. The van der Waals surface area contributed by atoms with E-state index in [4.69, 9.17) is 10.2 Å². The maximum Gasteiger partial charge on any atom is 0.333 e. The lowest BCUT2D eigenvalue weighted by atomic mass is 10.2. The number of aryl methyl sites for hydroxylation is 2. The number of carboxylic acid groups (broad SMARTS) is 1. The minimum absolute atomic E-state index is 0.0533. The van der Waals surface area contributed by atoms with E-state index in [1.54, 1.807) is 13.8 Å². The van der Waals surface area contributed by atoms with E-state index in [9.17, 15) is 13.2 Å². The Balaban J connectivity index is 2.90. The highest BCUT2D eigenvalue weighted by molar-refractivity contribution is 7.89. The average Bonchev–Trinajstić information content (AvgIpc) is 2.24. The number of aliphatic hydroxyl groups excluding tert-OH is 1. The maximum atomic E-state index is 11.8. The second-order valence-electron chi connectivity index (χ2n) is 4.03. The van der Waals surface area contributed by atoms with E-state index in [0.717, 1.165) is 11.1 Å². The first kappa shape index (κ1) is 14.6. The van der Waals surface area contributed by atoms with E-state index in [1.807, 2.05) is 6.07 Å². The van der Waals surface area contributed by atoms with Gasteiger partial charge in [-0.1, -0.05) is 6.07 Å². The van der Waals surface area contributed by atoms with Gasteiger partial charge in [-0.25, -0.2) is 17.9 Å². The molecule has 1 rings (SSSR count). The second-order valence-corrected chi connectivity index (χ2v) is 5.80. The number of aliphatic carboxylic acids is 1. The number of carbonyl (C=O) groups is 1. The van der Waals surface area contributed by atoms with Crippen LogP contribution in [0.5, 0.6) is 0 Å². The molecule has 6 nitrogen and oxygen atoms in total. The molecule has 0 aliphatic heterocycles. The molecule has 0 spiro atoms. The zero-order chi connectivity index (χ0) is 13.9. The lowest BCUT2D eigenvalue weighted by Gasteiger charge is -2.10. The molecule has 1 unspecified atom stereocenters. The van der Waals surface area contributed by atoms with E-state index in [1.165, 1.54) is 12.1 Å². The number of nitrogens with one attached hydrogen (secondary N) is 1. The number of sulfonamides is 1. The normalized spacial score (nSPS) is 13.3. The largest absolute Gasteiger partial charge is 0.479 e. The molecule has 1 aromatic rings. The lowest BCUT2D eigenvalue weighted by Crippen LogP contribution is -2.36. The fourth-order valence-corrected chi connectivity index (χ4v) is 2.67. The van der Waals surface area contributed by atoms with Gasteiger partial charge in [0.1, 0.15) is 0 Å². The molecule has 18 heavy (non-hydrogen) atoms. The summed E-state index contributed by atoms with van der Waals surface area (Å²) in [6.07, 6.45) is -1.76. The summed E-state index contributed by atoms with van der Waals surface area (Å²) in [5, 5.41) is 17.5. The molecule has 1 atom stereocenters. The van der Waals surface area contributed by atoms with Crippen LogP contribution in [0.15, 0.2) is 23.1 Å². The van der Waals surface area contributed by atoms with Crippen molar-refractivity contribution in [2.75, 3.05) is 6.54 Å². The van der Waals surface area contributed by atoms with E-state index in [2.05, 4.69) is 4.72 Å². The molecule has 0 heterocycles. The van der Waals surface area contributed by atoms with Gasteiger partial charge in [-0.05, 0) is 37.1 Å². The zero-order valence-corrected chi connectivity index (χ0v) is 10.9. The van der Waals surface area contributed by atoms with Crippen molar-refractivity contribution in [1.29, 1.82) is 0 Å². The van der Waals surface area contributed by atoms with Crippen molar-refractivity contribution in [1.82, 2.24) is 4.72 Å². The molecule has 0 saturated carbocycles. The Labute approximate surface area is 105 Å². The summed E-state index contributed by atoms with van der Waals surface area (Å²) in [5.74, 6) is -1.47. The number of aliphatic hydroxyl groups is 1. The molecule has 3 N–H and O–H groups in total. The minimum atomic E-state index is -3.81. The van der Waals surface area contributed by atoms with Crippen LogP contribution in [0, 0.1) is 13.8 Å². The highest BCUT2D eigenvalue weighted by atomic mass is 32.2. The molecule has 1 aromatic carbocycles. The van der Waals surface area contributed by atoms with Crippen molar-refractivity contribution in [2.24, 2.45) is 0 Å². The second kappa shape index (κ2) is 5.47. The van der Waals surface area contributed by atoms with Gasteiger partial charge in [0.05, 0.1) is 4.90 Å². The van der Waals surface area contributed by atoms with Gasteiger partial charge in [0.2, 0.25) is 10.0 Å². The molecule has 0 radical (unpaired) electrons. The third kappa shape index (κ3) is 3.80. The fourth-order valence-electron chi connectivity index (χ4n) is 1.45. The number of benzene rings is 1. The van der Waals surface area contributed by atoms with Crippen molar-refractivity contribution in [3.8, 4) is 0 Å². The Hall–Kier alpha value is -1.44. The Morgan fingerprint density at radius 1 is 1.28 bits per heavy atom. The third-order valence-corrected chi connectivity index (χ3v) is 3.66. The fraction of sp³-hybridized carbons (Fsp3) is 0.364. The summed E-state index contributed by atoms with van der Waals surface area (Å²) in [6.45, 7) is 2.96. The van der Waals surface area contributed by atoms with Crippen LogP contribution in [0.2, 0.25) is 0 Å². The van der Waals surface area contributed by atoms with Gasteiger partial charge in [0.15, 0.2) is 6.10 Å². The predicted octanol–water partition coefficient (Wildman–Crippen LogP) is 0.0272. The molecule has 0 bridgehead atoms. The van der Waals surface area contributed by atoms with E-state index >= 15 is 0 Å². The Morgan fingerprint density at radius 3 is 2.22 bits per heavy atom. The van der Waals surface area contributed by atoms with Crippen molar-refractivity contribution in [3.63, 3.8) is 0 Å². The quantitative estimate of drug-likeness (QED) is 0.702. The van der Waals surface area contributed by atoms with Gasteiger partial charge in [0, 0.05) is 6.54 Å². The molecular weight excluding hydrogens is 258 g/mol. The van der Waals surface area contributed by atoms with Gasteiger partial charge in [0.25, 0.3) is 0 Å². The molecule has 0 saturated heterocycles. The van der Waals surface area contributed by atoms with Crippen LogP contribution in [-0.4, -0.2) is 37.2 Å². The third-order valence-electron chi connectivity index (χ3n) is 2.26. The molecule has 0 aliphatic carbocycles. The van der Waals surface area contributed by atoms with Crippen LogP contribution in [0.25, 0.3) is 0 Å². The lowest BCUT2D eigenvalue weighted by molar-refractivity contribution is -0.146. The zero-order valence-electron chi connectivity index (χ0n) is 10.0. The van der Waals surface area contributed by atoms with Gasteiger partial charge >= 0.3 is 5.97 Å². The first-order valence-corrected chi connectivity index (χ1v) is 6.69. The van der Waals surface area contributed by atoms with Crippen molar-refractivity contribution in [2.45, 2.75) is 24.8 Å². The monoisotopic (exact) mass is 273 g/mol. The number of rotatable bonds is 5. The van der Waals surface area contributed by atoms with E-state index in [-0.39, 0.29) is 4.90 Å². The minimum Gasteiger partial charge on any atom is -0.479 e. The smallest absolute Gasteiger partial charge is 0.333 e. The van der Waals surface area contributed by atoms with Gasteiger partial charge in [-0.15, -0.1) is 0 Å². The van der Waals surface area contributed by atoms with Gasteiger partial charge < -0.3 is 10.2 Å². The van der Waals surface area contributed by atoms with Crippen LogP contribution >= 0.6 is 0 Å². The Bertz CT molecular complexity index is 532. The van der Waals surface area contributed by atoms with Crippen molar-refractivity contribution < 1.29 is 23.4 Å². The molecular formula is C11H15NO5S. The highest BCUT2D eigenvalue weighted by Gasteiger charge is 2.19. The number of hydrogen-bond acceptors (Lipinski definition) is 4. The SMILES string of the molecule is Cc1cc(C)cc(S(=O)(=O)NCC(O)C(=O)O)c1. The molecule has 0 amide bonds. The van der Waals surface area contributed by atoms with Gasteiger partial charge in [-0.2, -0.15) is 0 Å². The molecule has 100 valence electrons. The summed E-state index contributed by atoms with van der Waals surface area (Å²) in [5.41, 5.74) is 1.57. The summed E-state index contributed by atoms with van der Waals surface area (Å²) in [7, 11) is -3.81. The predicted molar refractivity (Wildman–Crippen MR) is 64.7 cm³/mol. The molecule has 7 heteroatoms. The van der Waals surface area contributed by atoms with Gasteiger partial charge in [-0.3, -0.25) is 0 Å². The van der Waals surface area contributed by atoms with Crippen LogP contribution in [0.1, 0.15) is 11.1 Å². The van der Waals surface area contributed by atoms with E-state index < -0.39 is 28.6 Å².